The number of carbonyl (C=O) groups is 1. The Morgan fingerprint density at radius 2 is 2.33 bits per heavy atom. The summed E-state index contributed by atoms with van der Waals surface area (Å²) in [6, 6.07) is 2.54. The van der Waals surface area contributed by atoms with Crippen LogP contribution in [-0.2, 0) is 0 Å². The van der Waals surface area contributed by atoms with E-state index in [2.05, 4.69) is 11.9 Å². The van der Waals surface area contributed by atoms with Crippen molar-refractivity contribution >= 4 is 29.1 Å². The SMILES string of the molecule is C=CCSCCNc1ccc(F)c(N)c1C(=O)O. The van der Waals surface area contributed by atoms with Gasteiger partial charge in [-0.1, -0.05) is 6.08 Å². The van der Waals surface area contributed by atoms with Gasteiger partial charge in [0.2, 0.25) is 0 Å². The molecule has 0 radical (unpaired) electrons. The van der Waals surface area contributed by atoms with E-state index in [1.54, 1.807) is 17.8 Å². The molecule has 0 amide bonds. The number of hydrogen-bond donors (Lipinski definition) is 3. The Labute approximate surface area is 109 Å². The maximum atomic E-state index is 13.2. The summed E-state index contributed by atoms with van der Waals surface area (Å²) >= 11 is 1.66. The van der Waals surface area contributed by atoms with Gasteiger partial charge in [-0.15, -0.1) is 6.58 Å². The first kappa shape index (κ1) is 14.4. The molecule has 4 nitrogen and oxygen atoms in total. The standard InChI is InChI=1S/C12H15FN2O2S/c1-2-6-18-7-5-15-9-4-3-8(13)11(14)10(9)12(16)17/h2-4,15H,1,5-7,14H2,(H,16,17). The van der Waals surface area contributed by atoms with E-state index in [0.29, 0.717) is 12.2 Å². The zero-order valence-corrected chi connectivity index (χ0v) is 10.6. The maximum Gasteiger partial charge on any atom is 0.340 e. The Morgan fingerprint density at radius 3 is 2.94 bits per heavy atom. The third kappa shape index (κ3) is 3.66. The van der Waals surface area contributed by atoms with Gasteiger partial charge in [0.15, 0.2) is 0 Å². The first-order chi connectivity index (χ1) is 8.57. The quantitative estimate of drug-likeness (QED) is 0.403. The Bertz CT molecular complexity index is 452. The molecule has 0 aliphatic carbocycles. The molecule has 0 fully saturated rings. The van der Waals surface area contributed by atoms with Gasteiger partial charge in [-0.05, 0) is 12.1 Å². The number of aromatic carboxylic acids is 1. The smallest absolute Gasteiger partial charge is 0.340 e. The lowest BCUT2D eigenvalue weighted by Gasteiger charge is -2.11. The number of thioether (sulfide) groups is 1. The van der Waals surface area contributed by atoms with Crippen LogP contribution in [-0.4, -0.2) is 29.1 Å². The molecule has 0 saturated carbocycles. The normalized spacial score (nSPS) is 10.1. The molecule has 1 aromatic carbocycles. The summed E-state index contributed by atoms with van der Waals surface area (Å²) in [7, 11) is 0. The summed E-state index contributed by atoms with van der Waals surface area (Å²) in [6.07, 6.45) is 1.79. The van der Waals surface area contributed by atoms with Crippen LogP contribution in [0.25, 0.3) is 0 Å². The summed E-state index contributed by atoms with van der Waals surface area (Å²) in [6.45, 7) is 4.17. The molecule has 0 atom stereocenters. The second-order valence-electron chi connectivity index (χ2n) is 3.48. The number of nitrogen functional groups attached to an aromatic ring is 1. The molecule has 0 aliphatic rings. The van der Waals surface area contributed by atoms with Crippen molar-refractivity contribution in [2.45, 2.75) is 0 Å². The number of nitrogens with one attached hydrogen (secondary N) is 1. The van der Waals surface area contributed by atoms with Crippen molar-refractivity contribution in [3.05, 3.63) is 36.2 Å². The Hall–Kier alpha value is -1.69. The third-order valence-electron chi connectivity index (χ3n) is 2.20. The van der Waals surface area contributed by atoms with E-state index in [4.69, 9.17) is 10.8 Å². The lowest BCUT2D eigenvalue weighted by atomic mass is 10.1. The number of rotatable bonds is 7. The van der Waals surface area contributed by atoms with Crippen LogP contribution in [0.1, 0.15) is 10.4 Å². The fourth-order valence-electron chi connectivity index (χ4n) is 1.40. The molecule has 4 N–H and O–H groups in total. The van der Waals surface area contributed by atoms with Crippen LogP contribution < -0.4 is 11.1 Å². The van der Waals surface area contributed by atoms with Crippen LogP contribution in [0.5, 0.6) is 0 Å². The van der Waals surface area contributed by atoms with Crippen LogP contribution in [0.3, 0.4) is 0 Å². The molecule has 6 heteroatoms. The molecule has 0 saturated heterocycles. The average molecular weight is 270 g/mol. The highest BCUT2D eigenvalue weighted by atomic mass is 32.2. The molecule has 1 aromatic rings. The van der Waals surface area contributed by atoms with Crippen molar-refractivity contribution in [2.24, 2.45) is 0 Å². The molecule has 18 heavy (non-hydrogen) atoms. The lowest BCUT2D eigenvalue weighted by molar-refractivity contribution is 0.0698. The van der Waals surface area contributed by atoms with Crippen LogP contribution in [0, 0.1) is 5.82 Å². The van der Waals surface area contributed by atoms with E-state index < -0.39 is 11.8 Å². The van der Waals surface area contributed by atoms with Crippen LogP contribution in [0.2, 0.25) is 0 Å². The molecular weight excluding hydrogens is 255 g/mol. The van der Waals surface area contributed by atoms with Gasteiger partial charge < -0.3 is 16.2 Å². The number of anilines is 2. The van der Waals surface area contributed by atoms with Crippen molar-refractivity contribution in [2.75, 3.05) is 29.1 Å². The average Bonchev–Trinajstić information content (AvgIpc) is 2.33. The summed E-state index contributed by atoms with van der Waals surface area (Å²) in [4.78, 5) is 11.0. The van der Waals surface area contributed by atoms with E-state index in [1.165, 1.54) is 6.07 Å². The van der Waals surface area contributed by atoms with E-state index in [1.807, 2.05) is 0 Å². The van der Waals surface area contributed by atoms with Gasteiger partial charge in [-0.3, -0.25) is 0 Å². The molecule has 1 rings (SSSR count). The highest BCUT2D eigenvalue weighted by Crippen LogP contribution is 2.25. The zero-order valence-electron chi connectivity index (χ0n) is 9.78. The van der Waals surface area contributed by atoms with E-state index in [-0.39, 0.29) is 11.3 Å². The van der Waals surface area contributed by atoms with Crippen LogP contribution in [0.4, 0.5) is 15.8 Å². The second-order valence-corrected chi connectivity index (χ2v) is 4.63. The van der Waals surface area contributed by atoms with Gasteiger partial charge in [-0.2, -0.15) is 11.8 Å². The number of carboxylic acids is 1. The van der Waals surface area contributed by atoms with Gasteiger partial charge in [0, 0.05) is 18.1 Å². The van der Waals surface area contributed by atoms with E-state index in [0.717, 1.165) is 17.6 Å². The van der Waals surface area contributed by atoms with Crippen molar-refractivity contribution in [1.29, 1.82) is 0 Å². The summed E-state index contributed by atoms with van der Waals surface area (Å²) in [5.74, 6) is -0.339. The predicted octanol–water partition coefficient (Wildman–Crippen LogP) is 2.44. The molecule has 0 spiro atoms. The molecule has 0 aliphatic heterocycles. The van der Waals surface area contributed by atoms with Gasteiger partial charge in [-0.25, -0.2) is 9.18 Å². The maximum absolute atomic E-state index is 13.2. The minimum Gasteiger partial charge on any atom is -0.478 e. The fourth-order valence-corrected chi connectivity index (χ4v) is 1.98. The molecule has 0 heterocycles. The Kier molecular flexibility index (Phi) is 5.51. The zero-order chi connectivity index (χ0) is 13.5. The minimum atomic E-state index is -1.24. The van der Waals surface area contributed by atoms with Crippen LogP contribution in [0.15, 0.2) is 24.8 Å². The molecule has 0 aromatic heterocycles. The largest absolute Gasteiger partial charge is 0.478 e. The van der Waals surface area contributed by atoms with Gasteiger partial charge in [0.25, 0.3) is 0 Å². The highest BCUT2D eigenvalue weighted by Gasteiger charge is 2.16. The van der Waals surface area contributed by atoms with Gasteiger partial charge in [0.1, 0.15) is 11.4 Å². The number of benzene rings is 1. The molecular formula is C12H15FN2O2S. The second kappa shape index (κ2) is 6.90. The molecule has 0 bridgehead atoms. The van der Waals surface area contributed by atoms with E-state index >= 15 is 0 Å². The predicted molar refractivity (Wildman–Crippen MR) is 73.8 cm³/mol. The minimum absolute atomic E-state index is 0.219. The van der Waals surface area contributed by atoms with Crippen LogP contribution >= 0.6 is 11.8 Å². The highest BCUT2D eigenvalue weighted by molar-refractivity contribution is 7.99. The first-order valence-electron chi connectivity index (χ1n) is 5.31. The Morgan fingerprint density at radius 1 is 1.61 bits per heavy atom. The van der Waals surface area contributed by atoms with Crippen molar-refractivity contribution in [3.63, 3.8) is 0 Å². The molecule has 0 unspecified atom stereocenters. The lowest BCUT2D eigenvalue weighted by Crippen LogP contribution is -2.12. The van der Waals surface area contributed by atoms with Crippen molar-refractivity contribution in [1.82, 2.24) is 0 Å². The third-order valence-corrected chi connectivity index (χ3v) is 3.17. The van der Waals surface area contributed by atoms with E-state index in [9.17, 15) is 9.18 Å². The monoisotopic (exact) mass is 270 g/mol. The Balaban J connectivity index is 2.73. The topological polar surface area (TPSA) is 75.3 Å². The van der Waals surface area contributed by atoms with Crippen molar-refractivity contribution in [3.8, 4) is 0 Å². The molecule has 98 valence electrons. The number of halogens is 1. The first-order valence-corrected chi connectivity index (χ1v) is 6.47. The fraction of sp³-hybridized carbons (Fsp3) is 0.250. The number of carboxylic acid groups (broad SMARTS) is 1. The summed E-state index contributed by atoms with van der Waals surface area (Å²) in [5.41, 5.74) is 5.20. The summed E-state index contributed by atoms with van der Waals surface area (Å²) < 4.78 is 13.2. The van der Waals surface area contributed by atoms with Crippen molar-refractivity contribution < 1.29 is 14.3 Å². The number of hydrogen-bond acceptors (Lipinski definition) is 4. The number of nitrogens with two attached hydrogens (primary N) is 1. The van der Waals surface area contributed by atoms with Gasteiger partial charge >= 0.3 is 5.97 Å². The van der Waals surface area contributed by atoms with Gasteiger partial charge in [0.05, 0.1) is 11.4 Å². The summed E-state index contributed by atoms with van der Waals surface area (Å²) in [5, 5.41) is 11.9.